The molecule has 1 amide bonds. The van der Waals surface area contributed by atoms with Crippen LogP contribution in [-0.2, 0) is 14.4 Å². The fraction of sp³-hybridized carbons (Fsp3) is 0.562. The van der Waals surface area contributed by atoms with Gasteiger partial charge in [-0.3, -0.25) is 14.5 Å². The maximum absolute atomic E-state index is 12.8. The lowest BCUT2D eigenvalue weighted by Crippen LogP contribution is -2.49. The minimum atomic E-state index is -5.08. The maximum atomic E-state index is 12.8. The van der Waals surface area contributed by atoms with Crippen LogP contribution in [0, 0.1) is 5.41 Å². The zero-order valence-corrected chi connectivity index (χ0v) is 15.1. The SMILES string of the molecule is O=C(O)C(F)(F)F.O=C(O)CN1CCCC2(CCN(c3ccsc3)C2=O)C1. The van der Waals surface area contributed by atoms with Crippen molar-refractivity contribution in [3.8, 4) is 0 Å². The van der Waals surface area contributed by atoms with Gasteiger partial charge in [0.1, 0.15) is 0 Å². The molecule has 3 heterocycles. The summed E-state index contributed by atoms with van der Waals surface area (Å²) in [6.07, 6.45) is -2.48. The monoisotopic (exact) mass is 408 g/mol. The van der Waals surface area contributed by atoms with E-state index in [1.165, 1.54) is 0 Å². The van der Waals surface area contributed by atoms with Gasteiger partial charge in [0.25, 0.3) is 0 Å². The summed E-state index contributed by atoms with van der Waals surface area (Å²) in [5.74, 6) is -3.40. The van der Waals surface area contributed by atoms with Crippen molar-refractivity contribution in [1.29, 1.82) is 0 Å². The van der Waals surface area contributed by atoms with Crippen molar-refractivity contribution in [2.24, 2.45) is 5.41 Å². The molecule has 1 aromatic heterocycles. The molecule has 1 spiro atoms. The fourth-order valence-electron chi connectivity index (χ4n) is 3.41. The van der Waals surface area contributed by atoms with E-state index < -0.39 is 18.1 Å². The normalized spacial score (nSPS) is 23.2. The van der Waals surface area contributed by atoms with Crippen molar-refractivity contribution in [3.05, 3.63) is 16.8 Å². The number of alkyl halides is 3. The second-order valence-corrected chi connectivity index (χ2v) is 7.26. The molecule has 11 heteroatoms. The Morgan fingerprint density at radius 1 is 1.22 bits per heavy atom. The summed E-state index contributed by atoms with van der Waals surface area (Å²) in [5, 5.41) is 20.0. The topological polar surface area (TPSA) is 98.1 Å². The van der Waals surface area contributed by atoms with Crippen LogP contribution in [0.25, 0.3) is 0 Å². The summed E-state index contributed by atoms with van der Waals surface area (Å²) in [5.41, 5.74) is 0.613. The number of hydrogen-bond acceptors (Lipinski definition) is 5. The molecule has 0 radical (unpaired) electrons. The lowest BCUT2D eigenvalue weighted by molar-refractivity contribution is -0.192. The first-order valence-electron chi connectivity index (χ1n) is 8.13. The molecule has 1 atom stereocenters. The first-order valence-corrected chi connectivity index (χ1v) is 9.08. The highest BCUT2D eigenvalue weighted by molar-refractivity contribution is 7.08. The number of thiophene rings is 1. The standard InChI is InChI=1S/C14H18N2O3S.C2HF3O2/c17-12(18)8-15-5-1-3-14(10-15)4-6-16(13(14)19)11-2-7-20-9-11;3-2(4,5)1(6)7/h2,7,9H,1,3-6,8,10H2,(H,17,18);(H,6,7). The largest absolute Gasteiger partial charge is 0.490 e. The summed E-state index contributed by atoms with van der Waals surface area (Å²) in [6, 6.07) is 1.97. The highest BCUT2D eigenvalue weighted by Crippen LogP contribution is 2.42. The average molecular weight is 408 g/mol. The van der Waals surface area contributed by atoms with Crippen molar-refractivity contribution < 1.29 is 37.8 Å². The number of likely N-dealkylation sites (tertiary alicyclic amines) is 1. The van der Waals surface area contributed by atoms with Crippen LogP contribution in [-0.4, -0.2) is 65.3 Å². The van der Waals surface area contributed by atoms with Gasteiger partial charge in [-0.25, -0.2) is 4.79 Å². The van der Waals surface area contributed by atoms with Crippen LogP contribution >= 0.6 is 11.3 Å². The highest BCUT2D eigenvalue weighted by atomic mass is 32.1. The third-order valence-electron chi connectivity index (χ3n) is 4.59. The van der Waals surface area contributed by atoms with Gasteiger partial charge in [0.15, 0.2) is 0 Å². The first kappa shape index (κ1) is 21.2. The van der Waals surface area contributed by atoms with E-state index in [2.05, 4.69) is 0 Å². The number of carboxylic acid groups (broad SMARTS) is 2. The molecule has 7 nitrogen and oxygen atoms in total. The molecule has 0 aliphatic carbocycles. The van der Waals surface area contributed by atoms with Crippen molar-refractivity contribution in [2.45, 2.75) is 25.4 Å². The van der Waals surface area contributed by atoms with Crippen molar-refractivity contribution in [1.82, 2.24) is 4.90 Å². The van der Waals surface area contributed by atoms with Gasteiger partial charge in [-0.15, -0.1) is 0 Å². The Bertz CT molecular complexity index is 695. The molecule has 0 aromatic carbocycles. The fourth-order valence-corrected chi connectivity index (χ4v) is 4.05. The Hall–Kier alpha value is -2.14. The van der Waals surface area contributed by atoms with Crippen molar-refractivity contribution >= 4 is 34.9 Å². The summed E-state index contributed by atoms with van der Waals surface area (Å²) >= 11 is 1.59. The first-order chi connectivity index (χ1) is 12.5. The number of carboxylic acids is 2. The van der Waals surface area contributed by atoms with E-state index in [1.807, 2.05) is 26.6 Å². The lowest BCUT2D eigenvalue weighted by atomic mass is 9.78. The number of hydrogen-bond donors (Lipinski definition) is 2. The van der Waals surface area contributed by atoms with Crippen LogP contribution in [0.5, 0.6) is 0 Å². The molecule has 150 valence electrons. The van der Waals surface area contributed by atoms with E-state index in [4.69, 9.17) is 15.0 Å². The molecular weight excluding hydrogens is 389 g/mol. The van der Waals surface area contributed by atoms with Gasteiger partial charge in [-0.2, -0.15) is 24.5 Å². The van der Waals surface area contributed by atoms with E-state index in [1.54, 1.807) is 11.3 Å². The molecule has 2 aliphatic rings. The number of carbonyl (C=O) groups excluding carboxylic acids is 1. The van der Waals surface area contributed by atoms with Crippen LogP contribution in [0.15, 0.2) is 16.8 Å². The highest BCUT2D eigenvalue weighted by Gasteiger charge is 2.49. The van der Waals surface area contributed by atoms with E-state index in [9.17, 15) is 22.8 Å². The second kappa shape index (κ2) is 8.26. The number of anilines is 1. The van der Waals surface area contributed by atoms with Crippen LogP contribution < -0.4 is 4.90 Å². The third kappa shape index (κ3) is 5.19. The molecule has 2 N–H and O–H groups in total. The predicted octanol–water partition coefficient (Wildman–Crippen LogP) is 2.28. The molecule has 0 saturated carbocycles. The number of halogens is 3. The Morgan fingerprint density at radius 2 is 1.89 bits per heavy atom. The third-order valence-corrected chi connectivity index (χ3v) is 5.26. The molecule has 2 fully saturated rings. The van der Waals surface area contributed by atoms with Crippen LogP contribution in [0.1, 0.15) is 19.3 Å². The van der Waals surface area contributed by atoms with Gasteiger partial charge < -0.3 is 15.1 Å². The minimum absolute atomic E-state index is 0.0352. The molecule has 2 aliphatic heterocycles. The molecule has 27 heavy (non-hydrogen) atoms. The van der Waals surface area contributed by atoms with Gasteiger partial charge in [-0.05, 0) is 37.3 Å². The second-order valence-electron chi connectivity index (χ2n) is 6.48. The zero-order chi connectivity index (χ0) is 20.2. The number of rotatable bonds is 3. The number of amides is 1. The summed E-state index contributed by atoms with van der Waals surface area (Å²) in [4.78, 5) is 36.3. The van der Waals surface area contributed by atoms with Gasteiger partial charge in [0.2, 0.25) is 5.91 Å². The van der Waals surface area contributed by atoms with Crippen LogP contribution in [0.3, 0.4) is 0 Å². The van der Waals surface area contributed by atoms with E-state index >= 15 is 0 Å². The number of aliphatic carboxylic acids is 2. The Kier molecular flexibility index (Phi) is 6.47. The quantitative estimate of drug-likeness (QED) is 0.796. The zero-order valence-electron chi connectivity index (χ0n) is 14.2. The summed E-state index contributed by atoms with van der Waals surface area (Å²) < 4.78 is 31.7. The number of nitrogens with zero attached hydrogens (tertiary/aromatic N) is 2. The van der Waals surface area contributed by atoms with Gasteiger partial charge in [0, 0.05) is 18.5 Å². The molecule has 2 saturated heterocycles. The van der Waals surface area contributed by atoms with Gasteiger partial charge >= 0.3 is 18.1 Å². The number of carbonyl (C=O) groups is 3. The van der Waals surface area contributed by atoms with Gasteiger partial charge in [0.05, 0.1) is 17.6 Å². The Labute approximate surface area is 157 Å². The molecule has 1 unspecified atom stereocenters. The summed E-state index contributed by atoms with van der Waals surface area (Å²) in [7, 11) is 0. The van der Waals surface area contributed by atoms with Crippen LogP contribution in [0.2, 0.25) is 0 Å². The summed E-state index contributed by atoms with van der Waals surface area (Å²) in [6.45, 7) is 2.14. The smallest absolute Gasteiger partial charge is 0.480 e. The van der Waals surface area contributed by atoms with E-state index in [-0.39, 0.29) is 17.9 Å². The lowest BCUT2D eigenvalue weighted by Gasteiger charge is -2.38. The van der Waals surface area contributed by atoms with Crippen molar-refractivity contribution in [3.63, 3.8) is 0 Å². The average Bonchev–Trinajstić information content (AvgIpc) is 3.17. The maximum Gasteiger partial charge on any atom is 0.490 e. The van der Waals surface area contributed by atoms with E-state index in [0.717, 1.165) is 38.0 Å². The predicted molar refractivity (Wildman–Crippen MR) is 90.7 cm³/mol. The molecular formula is C16H19F3N2O5S. The Morgan fingerprint density at radius 3 is 2.41 bits per heavy atom. The molecule has 1 aromatic rings. The van der Waals surface area contributed by atoms with Crippen LogP contribution in [0.4, 0.5) is 18.9 Å². The van der Waals surface area contributed by atoms with Gasteiger partial charge in [-0.1, -0.05) is 0 Å². The molecule has 3 rings (SSSR count). The van der Waals surface area contributed by atoms with E-state index in [0.29, 0.717) is 6.54 Å². The Balaban J connectivity index is 0.000000321. The molecule has 0 bridgehead atoms. The van der Waals surface area contributed by atoms with Crippen molar-refractivity contribution in [2.75, 3.05) is 31.1 Å². The minimum Gasteiger partial charge on any atom is -0.480 e. The number of piperidine rings is 1.